The minimum Gasteiger partial charge on any atom is -0.506 e. The lowest BCUT2D eigenvalue weighted by atomic mass is 10.1. The van der Waals surface area contributed by atoms with Gasteiger partial charge in [-0.3, -0.25) is 4.79 Å². The smallest absolute Gasteiger partial charge is 0.266 e. The first kappa shape index (κ1) is 20.0. The number of nitrogens with zero attached hydrogens (tertiary/aromatic N) is 1. The number of carbonyl (C=O) groups is 1. The van der Waals surface area contributed by atoms with Gasteiger partial charge in [0, 0.05) is 5.69 Å². The zero-order valence-electron chi connectivity index (χ0n) is 15.3. The van der Waals surface area contributed by atoms with E-state index in [1.54, 1.807) is 30.3 Å². The molecule has 0 aromatic heterocycles. The lowest BCUT2D eigenvalue weighted by Crippen LogP contribution is -2.13. The molecule has 0 saturated heterocycles. The molecular weight excluding hydrogens is 388 g/mol. The average Bonchev–Trinajstić information content (AvgIpc) is 2.74. The average molecular weight is 405 g/mol. The fraction of sp³-hybridized carbons (Fsp3) is 0.0435. The minimum atomic E-state index is -0.547. The van der Waals surface area contributed by atoms with Crippen LogP contribution in [0.25, 0.3) is 6.08 Å². The molecule has 0 aliphatic rings. The molecule has 0 unspecified atom stereocenters. The number of anilines is 1. The van der Waals surface area contributed by atoms with E-state index in [2.05, 4.69) is 5.32 Å². The van der Waals surface area contributed by atoms with Crippen molar-refractivity contribution in [3.63, 3.8) is 0 Å². The van der Waals surface area contributed by atoms with Crippen molar-refractivity contribution in [1.82, 2.24) is 0 Å². The van der Waals surface area contributed by atoms with E-state index in [4.69, 9.17) is 16.3 Å². The van der Waals surface area contributed by atoms with Crippen molar-refractivity contribution in [2.24, 2.45) is 0 Å². The Bertz CT molecular complexity index is 1070. The van der Waals surface area contributed by atoms with Crippen LogP contribution in [0.4, 0.5) is 5.69 Å². The normalized spacial score (nSPS) is 10.8. The highest BCUT2D eigenvalue weighted by Gasteiger charge is 2.10. The number of nitriles is 1. The second kappa shape index (κ2) is 9.45. The molecule has 3 rings (SSSR count). The third-order valence-corrected chi connectivity index (χ3v) is 4.31. The van der Waals surface area contributed by atoms with Gasteiger partial charge in [0.05, 0.1) is 5.02 Å². The van der Waals surface area contributed by atoms with Gasteiger partial charge in [-0.25, -0.2) is 0 Å². The highest BCUT2D eigenvalue weighted by atomic mass is 35.5. The summed E-state index contributed by atoms with van der Waals surface area (Å²) in [6.07, 6.45) is 1.40. The van der Waals surface area contributed by atoms with Gasteiger partial charge in [-0.15, -0.1) is 0 Å². The number of phenols is 1. The van der Waals surface area contributed by atoms with E-state index in [1.807, 2.05) is 36.4 Å². The molecule has 0 bridgehead atoms. The Hall–Kier alpha value is -3.75. The van der Waals surface area contributed by atoms with Crippen molar-refractivity contribution in [3.05, 3.63) is 94.5 Å². The molecule has 1 amide bonds. The number of carbonyl (C=O) groups excluding carboxylic acids is 1. The quantitative estimate of drug-likeness (QED) is 0.438. The number of rotatable bonds is 6. The zero-order valence-corrected chi connectivity index (χ0v) is 16.1. The van der Waals surface area contributed by atoms with Crippen molar-refractivity contribution in [3.8, 4) is 17.6 Å². The van der Waals surface area contributed by atoms with E-state index in [0.29, 0.717) is 23.6 Å². The summed E-state index contributed by atoms with van der Waals surface area (Å²) in [5.41, 5.74) is 2.04. The number of amides is 1. The van der Waals surface area contributed by atoms with E-state index >= 15 is 0 Å². The largest absolute Gasteiger partial charge is 0.506 e. The summed E-state index contributed by atoms with van der Waals surface area (Å²) in [4.78, 5) is 12.4. The van der Waals surface area contributed by atoms with Crippen LogP contribution in [0, 0.1) is 11.3 Å². The van der Waals surface area contributed by atoms with Gasteiger partial charge in [-0.05, 0) is 53.6 Å². The molecule has 0 aliphatic heterocycles. The summed E-state index contributed by atoms with van der Waals surface area (Å²) in [7, 11) is 0. The maximum absolute atomic E-state index is 12.4. The maximum Gasteiger partial charge on any atom is 0.266 e. The van der Waals surface area contributed by atoms with E-state index in [9.17, 15) is 15.2 Å². The van der Waals surface area contributed by atoms with Gasteiger partial charge in [0.2, 0.25) is 0 Å². The number of aromatic hydroxyl groups is 1. The van der Waals surface area contributed by atoms with Crippen LogP contribution in [0.3, 0.4) is 0 Å². The molecule has 6 heteroatoms. The number of nitrogens with one attached hydrogen (secondary N) is 1. The first-order valence-electron chi connectivity index (χ1n) is 8.73. The Labute approximate surface area is 173 Å². The second-order valence-corrected chi connectivity index (χ2v) is 6.54. The molecule has 29 heavy (non-hydrogen) atoms. The number of hydrogen-bond acceptors (Lipinski definition) is 4. The molecule has 3 aromatic rings. The van der Waals surface area contributed by atoms with Crippen LogP contribution >= 0.6 is 11.6 Å². The van der Waals surface area contributed by atoms with Crippen molar-refractivity contribution in [1.29, 1.82) is 5.26 Å². The number of halogens is 1. The van der Waals surface area contributed by atoms with E-state index in [0.717, 1.165) is 5.56 Å². The Morgan fingerprint density at radius 2 is 1.83 bits per heavy atom. The highest BCUT2D eigenvalue weighted by molar-refractivity contribution is 6.32. The summed E-state index contributed by atoms with van der Waals surface area (Å²) in [5.74, 6) is 0.0534. The van der Waals surface area contributed by atoms with Crippen LogP contribution < -0.4 is 10.1 Å². The number of phenolic OH excluding ortho intramolecular Hbond substituents is 1. The molecule has 5 nitrogen and oxygen atoms in total. The van der Waals surface area contributed by atoms with Gasteiger partial charge >= 0.3 is 0 Å². The molecule has 0 radical (unpaired) electrons. The van der Waals surface area contributed by atoms with Gasteiger partial charge < -0.3 is 15.2 Å². The van der Waals surface area contributed by atoms with Crippen molar-refractivity contribution in [2.45, 2.75) is 6.61 Å². The molecule has 3 aromatic carbocycles. The molecular formula is C23H17ClN2O3. The molecule has 2 N–H and O–H groups in total. The summed E-state index contributed by atoms with van der Waals surface area (Å²) in [6.45, 7) is 0.447. The first-order chi connectivity index (χ1) is 14.0. The van der Waals surface area contributed by atoms with Gasteiger partial charge in [0.25, 0.3) is 5.91 Å². The topological polar surface area (TPSA) is 82.3 Å². The van der Waals surface area contributed by atoms with E-state index in [-0.39, 0.29) is 16.3 Å². The van der Waals surface area contributed by atoms with Gasteiger partial charge in [-0.1, -0.05) is 48.0 Å². The van der Waals surface area contributed by atoms with Gasteiger partial charge in [0.15, 0.2) is 0 Å². The fourth-order valence-corrected chi connectivity index (χ4v) is 2.69. The Balaban J connectivity index is 1.63. The third kappa shape index (κ3) is 5.61. The third-order valence-electron chi connectivity index (χ3n) is 4.01. The van der Waals surface area contributed by atoms with Crippen LogP contribution in [0.5, 0.6) is 11.5 Å². The molecule has 0 heterocycles. The highest BCUT2D eigenvalue weighted by Crippen LogP contribution is 2.25. The zero-order chi connectivity index (χ0) is 20.6. The SMILES string of the molecule is N#C/C(=C\c1ccc(O)c(Cl)c1)C(=O)Nc1ccc(OCc2ccccc2)cc1. The van der Waals surface area contributed by atoms with Crippen LogP contribution in [0.2, 0.25) is 5.02 Å². The predicted molar refractivity (Wildman–Crippen MR) is 113 cm³/mol. The van der Waals surface area contributed by atoms with Crippen LogP contribution in [0.15, 0.2) is 78.4 Å². The molecule has 0 saturated carbocycles. The summed E-state index contributed by atoms with van der Waals surface area (Å²) >= 11 is 5.85. The van der Waals surface area contributed by atoms with Crippen molar-refractivity contribution >= 4 is 29.3 Å². The number of hydrogen-bond donors (Lipinski definition) is 2. The molecule has 0 aliphatic carbocycles. The Morgan fingerprint density at radius 3 is 2.48 bits per heavy atom. The van der Waals surface area contributed by atoms with Crippen LogP contribution in [-0.4, -0.2) is 11.0 Å². The second-order valence-electron chi connectivity index (χ2n) is 6.13. The monoisotopic (exact) mass is 404 g/mol. The number of ether oxygens (including phenoxy) is 1. The lowest BCUT2D eigenvalue weighted by molar-refractivity contribution is -0.112. The summed E-state index contributed by atoms with van der Waals surface area (Å²) < 4.78 is 5.71. The van der Waals surface area contributed by atoms with Crippen molar-refractivity contribution in [2.75, 3.05) is 5.32 Å². The van der Waals surface area contributed by atoms with Crippen molar-refractivity contribution < 1.29 is 14.6 Å². The Kier molecular flexibility index (Phi) is 6.51. The van der Waals surface area contributed by atoms with E-state index < -0.39 is 5.91 Å². The first-order valence-corrected chi connectivity index (χ1v) is 9.11. The molecule has 0 fully saturated rings. The maximum atomic E-state index is 12.4. The van der Waals surface area contributed by atoms with Gasteiger partial charge in [-0.2, -0.15) is 5.26 Å². The molecule has 0 spiro atoms. The summed E-state index contributed by atoms with van der Waals surface area (Å²) in [5, 5.41) is 21.6. The van der Waals surface area contributed by atoms with Crippen LogP contribution in [-0.2, 0) is 11.4 Å². The lowest BCUT2D eigenvalue weighted by Gasteiger charge is -2.08. The van der Waals surface area contributed by atoms with Gasteiger partial charge in [0.1, 0.15) is 29.7 Å². The summed E-state index contributed by atoms with van der Waals surface area (Å²) in [6, 6.07) is 23.0. The molecule has 144 valence electrons. The predicted octanol–water partition coefficient (Wildman–Crippen LogP) is 5.17. The van der Waals surface area contributed by atoms with E-state index in [1.165, 1.54) is 18.2 Å². The Morgan fingerprint density at radius 1 is 1.10 bits per heavy atom. The minimum absolute atomic E-state index is 0.0682. The standard InChI is InChI=1S/C23H17ClN2O3/c24-21-13-17(6-11-22(21)27)12-18(14-25)23(28)26-19-7-9-20(10-8-19)29-15-16-4-2-1-3-5-16/h1-13,27H,15H2,(H,26,28)/b18-12+. The number of benzene rings is 3. The van der Waals surface area contributed by atoms with Crippen LogP contribution in [0.1, 0.15) is 11.1 Å². The fourth-order valence-electron chi connectivity index (χ4n) is 2.50. The molecule has 0 atom stereocenters.